The van der Waals surface area contributed by atoms with Gasteiger partial charge in [-0.3, -0.25) is 9.59 Å². The van der Waals surface area contributed by atoms with Crippen molar-refractivity contribution in [1.82, 2.24) is 4.98 Å². The fourth-order valence-corrected chi connectivity index (χ4v) is 1.58. The van der Waals surface area contributed by atoms with Gasteiger partial charge in [-0.1, -0.05) is 18.2 Å². The topological polar surface area (TPSA) is 62.0 Å². The van der Waals surface area contributed by atoms with Gasteiger partial charge in [0.05, 0.1) is 17.0 Å². The van der Waals surface area contributed by atoms with E-state index in [2.05, 4.69) is 22.9 Å². The van der Waals surface area contributed by atoms with Gasteiger partial charge >= 0.3 is 0 Å². The Labute approximate surface area is 97.1 Å². The Kier molecular flexibility index (Phi) is 2.96. The van der Waals surface area contributed by atoms with E-state index in [1.54, 1.807) is 6.07 Å². The van der Waals surface area contributed by atoms with E-state index < -0.39 is 0 Å². The van der Waals surface area contributed by atoms with Crippen molar-refractivity contribution in [2.75, 3.05) is 11.1 Å². The highest BCUT2D eigenvalue weighted by Crippen LogP contribution is 2.18. The number of anilines is 1. The molecule has 2 N–H and O–H groups in total. The number of hydrogen-bond donors (Lipinski definition) is 3. The SMILES string of the molecule is O=C(CS)Nc1cc(=O)[nH]c2ccccc12. The average Bonchev–Trinajstić information content (AvgIpc) is 2.28. The zero-order chi connectivity index (χ0) is 11.5. The Morgan fingerprint density at radius 2 is 2.12 bits per heavy atom. The number of aromatic amines is 1. The van der Waals surface area contributed by atoms with Gasteiger partial charge in [0.25, 0.3) is 0 Å². The van der Waals surface area contributed by atoms with Crippen LogP contribution in [-0.4, -0.2) is 16.6 Å². The third kappa shape index (κ3) is 2.09. The van der Waals surface area contributed by atoms with Gasteiger partial charge < -0.3 is 10.3 Å². The van der Waals surface area contributed by atoms with E-state index in [9.17, 15) is 9.59 Å². The van der Waals surface area contributed by atoms with E-state index in [0.717, 1.165) is 5.39 Å². The smallest absolute Gasteiger partial charge is 0.250 e. The third-order valence-electron chi connectivity index (χ3n) is 2.17. The summed E-state index contributed by atoms with van der Waals surface area (Å²) in [6.07, 6.45) is 0. The van der Waals surface area contributed by atoms with Crippen molar-refractivity contribution in [3.8, 4) is 0 Å². The molecule has 0 saturated carbocycles. The number of amides is 1. The molecule has 0 aliphatic carbocycles. The molecule has 1 aromatic heterocycles. The molecule has 0 atom stereocenters. The Hall–Kier alpha value is -1.75. The van der Waals surface area contributed by atoms with Gasteiger partial charge in [0, 0.05) is 11.5 Å². The monoisotopic (exact) mass is 234 g/mol. The predicted octanol–water partition coefficient (Wildman–Crippen LogP) is 1.40. The first-order chi connectivity index (χ1) is 7.70. The van der Waals surface area contributed by atoms with Crippen molar-refractivity contribution in [2.45, 2.75) is 0 Å². The number of rotatable bonds is 2. The van der Waals surface area contributed by atoms with Crippen LogP contribution < -0.4 is 10.9 Å². The van der Waals surface area contributed by atoms with Gasteiger partial charge in [-0.2, -0.15) is 12.6 Å². The lowest BCUT2D eigenvalue weighted by molar-refractivity contribution is -0.113. The second-order valence-electron chi connectivity index (χ2n) is 3.30. The lowest BCUT2D eigenvalue weighted by Gasteiger charge is -2.06. The van der Waals surface area contributed by atoms with E-state index in [-0.39, 0.29) is 17.2 Å². The van der Waals surface area contributed by atoms with E-state index >= 15 is 0 Å². The number of carbonyl (C=O) groups is 1. The Morgan fingerprint density at radius 1 is 1.38 bits per heavy atom. The molecule has 0 unspecified atom stereocenters. The van der Waals surface area contributed by atoms with Gasteiger partial charge in [0.1, 0.15) is 0 Å². The van der Waals surface area contributed by atoms with Crippen LogP contribution in [-0.2, 0) is 4.79 Å². The first kappa shape index (κ1) is 10.8. The number of pyridine rings is 1. The van der Waals surface area contributed by atoms with E-state index in [1.807, 2.05) is 18.2 Å². The number of thiol groups is 1. The number of nitrogens with one attached hydrogen (secondary N) is 2. The van der Waals surface area contributed by atoms with Crippen LogP contribution in [0.25, 0.3) is 10.9 Å². The maximum absolute atomic E-state index is 11.3. The standard InChI is InChI=1S/C11H10N2O2S/c14-10-5-9(13-11(15)6-16)7-3-1-2-4-8(7)12-10/h1-5,16H,6H2,(H2,12,13,14,15). The number of benzene rings is 1. The summed E-state index contributed by atoms with van der Waals surface area (Å²) in [5.74, 6) is -0.153. The third-order valence-corrected chi connectivity index (χ3v) is 2.46. The molecule has 82 valence electrons. The van der Waals surface area contributed by atoms with Crippen molar-refractivity contribution in [1.29, 1.82) is 0 Å². The highest BCUT2D eigenvalue weighted by molar-refractivity contribution is 7.81. The lowest BCUT2D eigenvalue weighted by atomic mass is 10.2. The van der Waals surface area contributed by atoms with Crippen LogP contribution in [0.15, 0.2) is 35.1 Å². The molecule has 0 radical (unpaired) electrons. The van der Waals surface area contributed by atoms with Crippen LogP contribution in [0.3, 0.4) is 0 Å². The average molecular weight is 234 g/mol. The van der Waals surface area contributed by atoms with Crippen LogP contribution >= 0.6 is 12.6 Å². The van der Waals surface area contributed by atoms with Gasteiger partial charge in [-0.15, -0.1) is 0 Å². The van der Waals surface area contributed by atoms with Crippen molar-refractivity contribution in [3.05, 3.63) is 40.7 Å². The molecule has 2 rings (SSSR count). The largest absolute Gasteiger partial charge is 0.325 e. The van der Waals surface area contributed by atoms with Crippen LogP contribution in [0, 0.1) is 0 Å². The molecule has 1 aromatic carbocycles. The number of H-pyrrole nitrogens is 1. The first-order valence-electron chi connectivity index (χ1n) is 4.73. The summed E-state index contributed by atoms with van der Waals surface area (Å²) in [5, 5.41) is 3.44. The molecule has 2 aromatic rings. The van der Waals surface area contributed by atoms with Crippen LogP contribution in [0.5, 0.6) is 0 Å². The fraction of sp³-hybridized carbons (Fsp3) is 0.0909. The molecule has 0 fully saturated rings. The number of hydrogen-bond acceptors (Lipinski definition) is 3. The lowest BCUT2D eigenvalue weighted by Crippen LogP contribution is -2.15. The highest BCUT2D eigenvalue weighted by Gasteiger charge is 2.05. The number of fused-ring (bicyclic) bond motifs is 1. The quantitative estimate of drug-likeness (QED) is 0.688. The van der Waals surface area contributed by atoms with E-state index in [1.165, 1.54) is 6.07 Å². The summed E-state index contributed by atoms with van der Waals surface area (Å²) in [4.78, 5) is 25.3. The van der Waals surface area contributed by atoms with Gasteiger partial charge in [-0.05, 0) is 6.07 Å². The predicted molar refractivity (Wildman–Crippen MR) is 67.1 cm³/mol. The summed E-state index contributed by atoms with van der Waals surface area (Å²) in [6.45, 7) is 0. The van der Waals surface area contributed by atoms with Crippen LogP contribution in [0.1, 0.15) is 0 Å². The Balaban J connectivity index is 2.59. The minimum Gasteiger partial charge on any atom is -0.325 e. The first-order valence-corrected chi connectivity index (χ1v) is 5.37. The van der Waals surface area contributed by atoms with Crippen molar-refractivity contribution in [3.63, 3.8) is 0 Å². The molecular weight excluding hydrogens is 224 g/mol. The molecule has 16 heavy (non-hydrogen) atoms. The molecule has 1 amide bonds. The summed E-state index contributed by atoms with van der Waals surface area (Å²) in [6, 6.07) is 8.65. The van der Waals surface area contributed by atoms with Gasteiger partial charge in [-0.25, -0.2) is 0 Å². The fourth-order valence-electron chi connectivity index (χ4n) is 1.50. The molecule has 0 saturated heterocycles. The molecule has 1 heterocycles. The van der Waals surface area contributed by atoms with Crippen molar-refractivity contribution in [2.24, 2.45) is 0 Å². The van der Waals surface area contributed by atoms with E-state index in [0.29, 0.717) is 11.2 Å². The minimum absolute atomic E-state index is 0.0845. The molecule has 4 nitrogen and oxygen atoms in total. The second kappa shape index (κ2) is 4.40. The normalized spacial score (nSPS) is 10.3. The minimum atomic E-state index is -0.242. The van der Waals surface area contributed by atoms with Crippen LogP contribution in [0.4, 0.5) is 5.69 Å². The molecule has 0 spiro atoms. The summed E-state index contributed by atoms with van der Waals surface area (Å²) in [7, 11) is 0. The molecule has 0 aliphatic rings. The number of carbonyl (C=O) groups excluding carboxylic acids is 1. The number of para-hydroxylation sites is 1. The number of aromatic nitrogens is 1. The zero-order valence-electron chi connectivity index (χ0n) is 8.36. The summed E-state index contributed by atoms with van der Waals surface area (Å²) in [5.41, 5.74) is 0.969. The van der Waals surface area contributed by atoms with Crippen molar-refractivity contribution >= 4 is 35.1 Å². The van der Waals surface area contributed by atoms with Crippen LogP contribution in [0.2, 0.25) is 0 Å². The Morgan fingerprint density at radius 3 is 2.88 bits per heavy atom. The van der Waals surface area contributed by atoms with Gasteiger partial charge in [0.15, 0.2) is 0 Å². The summed E-state index contributed by atoms with van der Waals surface area (Å²) >= 11 is 3.87. The highest BCUT2D eigenvalue weighted by atomic mass is 32.1. The van der Waals surface area contributed by atoms with E-state index in [4.69, 9.17) is 0 Å². The molecule has 0 bridgehead atoms. The second-order valence-corrected chi connectivity index (χ2v) is 3.62. The Bertz CT molecular complexity index is 592. The maximum Gasteiger partial charge on any atom is 0.250 e. The maximum atomic E-state index is 11.3. The van der Waals surface area contributed by atoms with Gasteiger partial charge in [0.2, 0.25) is 11.5 Å². The zero-order valence-corrected chi connectivity index (χ0v) is 9.25. The van der Waals surface area contributed by atoms with Crippen molar-refractivity contribution < 1.29 is 4.79 Å². The molecule has 0 aliphatic heterocycles. The molecule has 5 heteroatoms. The summed E-state index contributed by atoms with van der Waals surface area (Å²) < 4.78 is 0. The molecular formula is C11H10N2O2S.